The molecule has 0 aliphatic heterocycles. The number of methoxy groups -OCH3 is 2. The van der Waals surface area contributed by atoms with Gasteiger partial charge in [0.25, 0.3) is 0 Å². The third-order valence-electron chi connectivity index (χ3n) is 3.24. The molecule has 120 valence electrons. The number of rotatable bonds is 5. The zero-order chi connectivity index (χ0) is 16.8. The van der Waals surface area contributed by atoms with E-state index in [4.69, 9.17) is 9.47 Å². The molecule has 0 bridgehead atoms. The van der Waals surface area contributed by atoms with Crippen LogP contribution in [0.15, 0.2) is 48.5 Å². The Kier molecular flexibility index (Phi) is 5.30. The minimum atomic E-state index is -0.620. The van der Waals surface area contributed by atoms with E-state index >= 15 is 0 Å². The second kappa shape index (κ2) is 7.40. The molecule has 0 aliphatic carbocycles. The molecule has 0 saturated heterocycles. The highest BCUT2D eigenvalue weighted by Crippen LogP contribution is 2.29. The zero-order valence-corrected chi connectivity index (χ0v) is 12.8. The van der Waals surface area contributed by atoms with Gasteiger partial charge in [0.05, 0.1) is 25.5 Å². The highest BCUT2D eigenvalue weighted by atomic mass is 19.1. The van der Waals surface area contributed by atoms with Crippen molar-refractivity contribution in [3.05, 3.63) is 59.9 Å². The zero-order valence-electron chi connectivity index (χ0n) is 12.8. The molecule has 0 N–H and O–H groups in total. The molecule has 0 unspecified atom stereocenters. The first kappa shape index (κ1) is 16.5. The van der Waals surface area contributed by atoms with Crippen molar-refractivity contribution in [2.45, 2.75) is 0 Å². The summed E-state index contributed by atoms with van der Waals surface area (Å²) < 4.78 is 23.1. The third kappa shape index (κ3) is 3.85. The molecule has 0 amide bonds. The summed E-state index contributed by atoms with van der Waals surface area (Å²) >= 11 is 0. The van der Waals surface area contributed by atoms with E-state index in [-0.39, 0.29) is 17.8 Å². The summed E-state index contributed by atoms with van der Waals surface area (Å²) in [6.07, 6.45) is 0. The Morgan fingerprint density at radius 3 is 2.35 bits per heavy atom. The minimum absolute atomic E-state index is 0.154. The summed E-state index contributed by atoms with van der Waals surface area (Å²) in [5.74, 6) is -1.67. The molecule has 0 atom stereocenters. The van der Waals surface area contributed by atoms with Crippen LogP contribution in [-0.4, -0.2) is 32.7 Å². The number of hydrogen-bond donors (Lipinski definition) is 0. The summed E-state index contributed by atoms with van der Waals surface area (Å²) in [7, 11) is 2.50. The van der Waals surface area contributed by atoms with E-state index < -0.39 is 17.8 Å². The molecule has 2 rings (SSSR count). The van der Waals surface area contributed by atoms with Crippen LogP contribution in [0.1, 0.15) is 10.4 Å². The van der Waals surface area contributed by atoms with Crippen molar-refractivity contribution in [1.82, 2.24) is 0 Å². The van der Waals surface area contributed by atoms with Crippen molar-refractivity contribution < 1.29 is 23.5 Å². The lowest BCUT2D eigenvalue weighted by atomic mass is 10.1. The number of halogens is 1. The van der Waals surface area contributed by atoms with Gasteiger partial charge in [-0.25, -0.2) is 9.18 Å². The molecule has 6 heteroatoms. The van der Waals surface area contributed by atoms with Gasteiger partial charge in [0.2, 0.25) is 0 Å². The van der Waals surface area contributed by atoms with Crippen LogP contribution in [0.2, 0.25) is 0 Å². The van der Waals surface area contributed by atoms with Gasteiger partial charge in [-0.05, 0) is 30.3 Å². The van der Waals surface area contributed by atoms with E-state index in [1.54, 1.807) is 24.3 Å². The maximum Gasteiger partial charge on any atom is 0.339 e. The van der Waals surface area contributed by atoms with Crippen molar-refractivity contribution in [3.8, 4) is 0 Å². The molecular formula is C17H16FNO4. The molecule has 0 radical (unpaired) electrons. The van der Waals surface area contributed by atoms with Crippen LogP contribution < -0.4 is 4.90 Å². The van der Waals surface area contributed by atoms with Gasteiger partial charge in [0.15, 0.2) is 0 Å². The Labute approximate surface area is 133 Å². The summed E-state index contributed by atoms with van der Waals surface area (Å²) in [6, 6.07) is 12.5. The van der Waals surface area contributed by atoms with Gasteiger partial charge < -0.3 is 14.4 Å². The van der Waals surface area contributed by atoms with E-state index in [9.17, 15) is 14.0 Å². The van der Waals surface area contributed by atoms with Crippen LogP contribution in [0, 0.1) is 5.82 Å². The lowest BCUT2D eigenvalue weighted by Crippen LogP contribution is -2.28. The molecule has 0 spiro atoms. The van der Waals surface area contributed by atoms with E-state index in [2.05, 4.69) is 0 Å². The first-order valence-corrected chi connectivity index (χ1v) is 6.84. The highest BCUT2D eigenvalue weighted by molar-refractivity contribution is 5.97. The van der Waals surface area contributed by atoms with Gasteiger partial charge in [-0.3, -0.25) is 4.79 Å². The highest BCUT2D eigenvalue weighted by Gasteiger charge is 2.21. The normalized spacial score (nSPS) is 10.0. The van der Waals surface area contributed by atoms with Gasteiger partial charge in [-0.15, -0.1) is 0 Å². The fourth-order valence-corrected chi connectivity index (χ4v) is 2.13. The lowest BCUT2D eigenvalue weighted by Gasteiger charge is -2.25. The van der Waals surface area contributed by atoms with Crippen molar-refractivity contribution >= 4 is 23.3 Å². The van der Waals surface area contributed by atoms with Gasteiger partial charge in [0.1, 0.15) is 12.4 Å². The average molecular weight is 317 g/mol. The fourth-order valence-electron chi connectivity index (χ4n) is 2.13. The molecule has 0 fully saturated rings. The predicted molar refractivity (Wildman–Crippen MR) is 83.2 cm³/mol. The number of ether oxygens (including phenoxy) is 2. The van der Waals surface area contributed by atoms with Crippen molar-refractivity contribution in [2.24, 2.45) is 0 Å². The van der Waals surface area contributed by atoms with Crippen molar-refractivity contribution in [2.75, 3.05) is 25.7 Å². The van der Waals surface area contributed by atoms with Crippen molar-refractivity contribution in [1.29, 1.82) is 0 Å². The first-order chi connectivity index (χ1) is 11.1. The number of anilines is 2. The largest absolute Gasteiger partial charge is 0.468 e. The number of para-hydroxylation sites is 1. The first-order valence-electron chi connectivity index (χ1n) is 6.84. The van der Waals surface area contributed by atoms with Crippen LogP contribution in [0.3, 0.4) is 0 Å². The number of esters is 2. The van der Waals surface area contributed by atoms with Crippen molar-refractivity contribution in [3.63, 3.8) is 0 Å². The van der Waals surface area contributed by atoms with Crippen LogP contribution >= 0.6 is 0 Å². The molecular weight excluding hydrogens is 301 g/mol. The smallest absolute Gasteiger partial charge is 0.339 e. The second-order valence-corrected chi connectivity index (χ2v) is 4.65. The molecule has 2 aromatic carbocycles. The molecule has 2 aromatic rings. The monoisotopic (exact) mass is 317 g/mol. The Morgan fingerprint density at radius 1 is 1.04 bits per heavy atom. The summed E-state index contributed by atoms with van der Waals surface area (Å²) in [4.78, 5) is 25.2. The van der Waals surface area contributed by atoms with Crippen LogP contribution in [-0.2, 0) is 14.3 Å². The lowest BCUT2D eigenvalue weighted by molar-refractivity contribution is -0.138. The standard InChI is InChI=1S/C17H16FNO4/c1-22-16(20)11-19(13-6-4-3-5-7-13)15-10-12(18)8-9-14(15)17(21)23-2/h3-10H,11H2,1-2H3. The van der Waals surface area contributed by atoms with Gasteiger partial charge in [-0.2, -0.15) is 0 Å². The van der Waals surface area contributed by atoms with Gasteiger partial charge in [0, 0.05) is 5.69 Å². The van der Waals surface area contributed by atoms with Gasteiger partial charge in [-0.1, -0.05) is 18.2 Å². The summed E-state index contributed by atoms with van der Waals surface area (Å²) in [6.45, 7) is -0.173. The molecule has 0 saturated carbocycles. The summed E-state index contributed by atoms with van der Waals surface area (Å²) in [5.41, 5.74) is 1.00. The number of nitrogens with zero attached hydrogens (tertiary/aromatic N) is 1. The summed E-state index contributed by atoms with van der Waals surface area (Å²) in [5, 5.41) is 0. The Morgan fingerprint density at radius 2 is 1.74 bits per heavy atom. The maximum absolute atomic E-state index is 13.7. The minimum Gasteiger partial charge on any atom is -0.468 e. The Hall–Kier alpha value is -2.89. The van der Waals surface area contributed by atoms with Crippen LogP contribution in [0.5, 0.6) is 0 Å². The van der Waals surface area contributed by atoms with Gasteiger partial charge >= 0.3 is 11.9 Å². The average Bonchev–Trinajstić information content (AvgIpc) is 2.59. The van der Waals surface area contributed by atoms with E-state index in [1.165, 1.54) is 31.3 Å². The number of hydrogen-bond acceptors (Lipinski definition) is 5. The van der Waals surface area contributed by atoms with Crippen LogP contribution in [0.4, 0.5) is 15.8 Å². The molecule has 0 heterocycles. The van der Waals surface area contributed by atoms with E-state index in [0.29, 0.717) is 5.69 Å². The molecule has 23 heavy (non-hydrogen) atoms. The number of benzene rings is 2. The molecule has 5 nitrogen and oxygen atoms in total. The molecule has 0 aromatic heterocycles. The fraction of sp³-hybridized carbons (Fsp3) is 0.176. The third-order valence-corrected chi connectivity index (χ3v) is 3.24. The van der Waals surface area contributed by atoms with E-state index in [1.807, 2.05) is 6.07 Å². The number of carbonyl (C=O) groups excluding carboxylic acids is 2. The topological polar surface area (TPSA) is 55.8 Å². The molecule has 0 aliphatic rings. The van der Waals surface area contributed by atoms with Crippen LogP contribution in [0.25, 0.3) is 0 Å². The Balaban J connectivity index is 2.57. The predicted octanol–water partition coefficient (Wildman–Crippen LogP) is 2.92. The second-order valence-electron chi connectivity index (χ2n) is 4.65. The van der Waals surface area contributed by atoms with E-state index in [0.717, 1.165) is 6.07 Å². The SMILES string of the molecule is COC(=O)CN(c1ccccc1)c1cc(F)ccc1C(=O)OC. The maximum atomic E-state index is 13.7. The Bertz CT molecular complexity index is 703. The number of carbonyl (C=O) groups is 2. The quantitative estimate of drug-likeness (QED) is 0.794.